The summed E-state index contributed by atoms with van der Waals surface area (Å²) in [5, 5.41) is 7.93. The lowest BCUT2D eigenvalue weighted by Crippen LogP contribution is -2.49. The molecule has 0 saturated carbocycles. The van der Waals surface area contributed by atoms with Gasteiger partial charge in [-0.05, 0) is 36.4 Å². The fourth-order valence-electron chi connectivity index (χ4n) is 4.71. The zero-order valence-electron chi connectivity index (χ0n) is 19.8. The molecule has 0 bridgehead atoms. The zero-order chi connectivity index (χ0) is 24.7. The molecule has 3 aromatic rings. The van der Waals surface area contributed by atoms with Crippen LogP contribution in [0.5, 0.6) is 0 Å². The second kappa shape index (κ2) is 8.88. The molecular formula is C24H27F2N7O2. The number of nitrogens with zero attached hydrogens (tertiary/aromatic N) is 6. The molecule has 2 aliphatic rings. The number of amides is 1. The van der Waals surface area contributed by atoms with Crippen molar-refractivity contribution in [1.82, 2.24) is 30.0 Å². The lowest BCUT2D eigenvalue weighted by atomic mass is 9.87. The van der Waals surface area contributed by atoms with Gasteiger partial charge in [0.25, 0.3) is 11.8 Å². The molecular weight excluding hydrogens is 456 g/mol. The van der Waals surface area contributed by atoms with Crippen LogP contribution in [0.15, 0.2) is 43.0 Å². The van der Waals surface area contributed by atoms with Gasteiger partial charge in [0, 0.05) is 32.1 Å². The highest BCUT2D eigenvalue weighted by atomic mass is 19.3. The third-order valence-corrected chi connectivity index (χ3v) is 6.52. The van der Waals surface area contributed by atoms with E-state index in [1.54, 1.807) is 49.4 Å². The minimum atomic E-state index is -2.90. The average Bonchev–Trinajstić information content (AvgIpc) is 3.25. The Hall–Kier alpha value is -3.60. The van der Waals surface area contributed by atoms with Crippen LogP contribution in [-0.4, -0.2) is 82.9 Å². The van der Waals surface area contributed by atoms with E-state index in [2.05, 4.69) is 20.4 Å². The second-order valence-electron chi connectivity index (χ2n) is 8.97. The fraction of sp³-hybridized carbons (Fsp3) is 0.417. The van der Waals surface area contributed by atoms with Gasteiger partial charge in [0.05, 0.1) is 37.3 Å². The van der Waals surface area contributed by atoms with Crippen LogP contribution in [0.25, 0.3) is 16.7 Å². The number of fused-ring (bicyclic) bond motifs is 1. The number of aryl methyl sites for hydroxylation is 1. The molecule has 2 atom stereocenters. The number of halogens is 2. The summed E-state index contributed by atoms with van der Waals surface area (Å²) in [6, 6.07) is 5.45. The van der Waals surface area contributed by atoms with E-state index in [9.17, 15) is 13.6 Å². The first kappa shape index (κ1) is 23.2. The van der Waals surface area contributed by atoms with Gasteiger partial charge < -0.3 is 19.9 Å². The highest BCUT2D eigenvalue weighted by molar-refractivity contribution is 5.83. The SMILES string of the molecule is CNC(=O)[C@H]1CN(c2cc(-n3ncc4cc(C)c(C5C=CN(C)CC5(F)F)cc43)ncn2)CCO1. The van der Waals surface area contributed by atoms with E-state index in [0.717, 1.165) is 10.9 Å². The first-order valence-corrected chi connectivity index (χ1v) is 11.4. The Balaban J connectivity index is 1.51. The molecule has 1 saturated heterocycles. The normalized spacial score (nSPS) is 22.0. The third-order valence-electron chi connectivity index (χ3n) is 6.52. The quantitative estimate of drug-likeness (QED) is 0.609. The van der Waals surface area contributed by atoms with E-state index >= 15 is 0 Å². The molecule has 35 heavy (non-hydrogen) atoms. The summed E-state index contributed by atoms with van der Waals surface area (Å²) in [4.78, 5) is 24.2. The minimum Gasteiger partial charge on any atom is -0.375 e. The fourth-order valence-corrected chi connectivity index (χ4v) is 4.71. The third kappa shape index (κ3) is 4.31. The van der Waals surface area contributed by atoms with Crippen molar-refractivity contribution in [2.75, 3.05) is 45.2 Å². The van der Waals surface area contributed by atoms with Gasteiger partial charge in [-0.15, -0.1) is 0 Å². The van der Waals surface area contributed by atoms with E-state index in [1.807, 2.05) is 17.9 Å². The Bertz CT molecular complexity index is 1290. The van der Waals surface area contributed by atoms with Crippen LogP contribution >= 0.6 is 0 Å². The van der Waals surface area contributed by atoms with Crippen molar-refractivity contribution in [2.45, 2.75) is 24.9 Å². The summed E-state index contributed by atoms with van der Waals surface area (Å²) in [6.07, 6.45) is 5.81. The standard InChI is InChI=1S/C24H27F2N7O2/c1-15-8-16-11-30-33(19(16)9-17(15)18-4-5-31(3)13-24(18,25)26)22-10-21(28-14-29-22)32-6-7-35-20(12-32)23(34)27-2/h4-5,8-11,14,18,20H,6-7,12-13H2,1-3H3,(H,27,34)/t18?,20-/m1/s1. The van der Waals surface area contributed by atoms with Crippen LogP contribution < -0.4 is 10.2 Å². The number of likely N-dealkylation sites (N-methyl/N-ethyl adjacent to an activating group) is 1. The number of benzene rings is 1. The Morgan fingerprint density at radius 2 is 2.03 bits per heavy atom. The monoisotopic (exact) mass is 483 g/mol. The lowest BCUT2D eigenvalue weighted by Gasteiger charge is -2.33. The Kier molecular flexibility index (Phi) is 5.87. The molecule has 11 heteroatoms. The lowest BCUT2D eigenvalue weighted by molar-refractivity contribution is -0.132. The molecule has 184 valence electrons. The Morgan fingerprint density at radius 1 is 1.23 bits per heavy atom. The van der Waals surface area contributed by atoms with Crippen molar-refractivity contribution in [3.63, 3.8) is 0 Å². The number of hydrogen-bond donors (Lipinski definition) is 1. The van der Waals surface area contributed by atoms with Crippen molar-refractivity contribution in [1.29, 1.82) is 0 Å². The van der Waals surface area contributed by atoms with E-state index in [1.165, 1.54) is 11.2 Å². The average molecular weight is 484 g/mol. The molecule has 9 nitrogen and oxygen atoms in total. The highest BCUT2D eigenvalue weighted by Gasteiger charge is 2.42. The van der Waals surface area contributed by atoms with Gasteiger partial charge in [0.15, 0.2) is 11.9 Å². The molecule has 5 rings (SSSR count). The summed E-state index contributed by atoms with van der Waals surface area (Å²) >= 11 is 0. The highest BCUT2D eigenvalue weighted by Crippen LogP contribution is 2.40. The number of morpholine rings is 1. The van der Waals surface area contributed by atoms with Gasteiger partial charge in [-0.25, -0.2) is 23.4 Å². The smallest absolute Gasteiger partial charge is 0.275 e. The van der Waals surface area contributed by atoms with Crippen LogP contribution in [0, 0.1) is 6.92 Å². The maximum absolute atomic E-state index is 14.9. The van der Waals surface area contributed by atoms with Crippen molar-refractivity contribution in [2.24, 2.45) is 0 Å². The first-order chi connectivity index (χ1) is 16.8. The molecule has 1 N–H and O–H groups in total. The predicted octanol–water partition coefficient (Wildman–Crippen LogP) is 2.25. The van der Waals surface area contributed by atoms with Gasteiger partial charge in [0.1, 0.15) is 12.1 Å². The second-order valence-corrected chi connectivity index (χ2v) is 8.97. The number of ether oxygens (including phenoxy) is 1. The predicted molar refractivity (Wildman–Crippen MR) is 127 cm³/mol. The van der Waals surface area contributed by atoms with E-state index in [0.29, 0.717) is 42.4 Å². The maximum Gasteiger partial charge on any atom is 0.275 e. The molecule has 2 aromatic heterocycles. The van der Waals surface area contributed by atoms with Crippen LogP contribution in [0.4, 0.5) is 14.6 Å². The molecule has 0 spiro atoms. The number of nitrogens with one attached hydrogen (secondary N) is 1. The van der Waals surface area contributed by atoms with E-state index in [4.69, 9.17) is 4.74 Å². The molecule has 1 amide bonds. The molecule has 1 fully saturated rings. The number of allylic oxidation sites excluding steroid dienone is 1. The van der Waals surface area contributed by atoms with Crippen LogP contribution in [-0.2, 0) is 9.53 Å². The number of aromatic nitrogens is 4. The van der Waals surface area contributed by atoms with E-state index < -0.39 is 17.9 Å². The van der Waals surface area contributed by atoms with Gasteiger partial charge in [-0.2, -0.15) is 5.10 Å². The Labute approximate surface area is 201 Å². The zero-order valence-corrected chi connectivity index (χ0v) is 19.8. The van der Waals surface area contributed by atoms with Gasteiger partial charge in [-0.3, -0.25) is 4.79 Å². The van der Waals surface area contributed by atoms with Gasteiger partial charge in [0.2, 0.25) is 0 Å². The van der Waals surface area contributed by atoms with Crippen molar-refractivity contribution in [3.8, 4) is 5.82 Å². The Morgan fingerprint density at radius 3 is 2.80 bits per heavy atom. The number of carbonyl (C=O) groups is 1. The first-order valence-electron chi connectivity index (χ1n) is 11.4. The summed E-state index contributed by atoms with van der Waals surface area (Å²) in [6.45, 7) is 2.83. The molecule has 0 aliphatic carbocycles. The van der Waals surface area contributed by atoms with Gasteiger partial charge in [-0.1, -0.05) is 6.08 Å². The van der Waals surface area contributed by atoms with Crippen LogP contribution in [0.2, 0.25) is 0 Å². The largest absolute Gasteiger partial charge is 0.375 e. The summed E-state index contributed by atoms with van der Waals surface area (Å²) < 4.78 is 37.1. The number of anilines is 1. The van der Waals surface area contributed by atoms with Crippen molar-refractivity contribution < 1.29 is 18.3 Å². The molecule has 1 unspecified atom stereocenters. The summed E-state index contributed by atoms with van der Waals surface area (Å²) in [7, 11) is 3.22. The summed E-state index contributed by atoms with van der Waals surface area (Å²) in [5.74, 6) is -2.97. The molecule has 0 radical (unpaired) electrons. The van der Waals surface area contributed by atoms with Crippen LogP contribution in [0.1, 0.15) is 17.0 Å². The number of alkyl halides is 2. The van der Waals surface area contributed by atoms with Crippen LogP contribution in [0.3, 0.4) is 0 Å². The van der Waals surface area contributed by atoms with Crippen molar-refractivity contribution in [3.05, 3.63) is 54.1 Å². The maximum atomic E-state index is 14.9. The molecule has 2 aliphatic heterocycles. The topological polar surface area (TPSA) is 88.4 Å². The number of carbonyl (C=O) groups excluding carboxylic acids is 1. The van der Waals surface area contributed by atoms with E-state index in [-0.39, 0.29) is 12.5 Å². The van der Waals surface area contributed by atoms with Gasteiger partial charge >= 0.3 is 0 Å². The number of rotatable bonds is 4. The molecule has 1 aromatic carbocycles. The minimum absolute atomic E-state index is 0.190. The van der Waals surface area contributed by atoms with Crippen molar-refractivity contribution >= 4 is 22.6 Å². The number of hydrogen-bond acceptors (Lipinski definition) is 7. The molecule has 4 heterocycles. The summed E-state index contributed by atoms with van der Waals surface area (Å²) in [5.41, 5.74) is 2.03.